The highest BCUT2D eigenvalue weighted by atomic mass is 16.7. The molecule has 1 aromatic rings. The zero-order valence-corrected chi connectivity index (χ0v) is 13.1. The van der Waals surface area contributed by atoms with E-state index in [4.69, 9.17) is 18.9 Å². The Hall–Kier alpha value is -1.14. The Morgan fingerprint density at radius 1 is 0.762 bits per heavy atom. The Balaban J connectivity index is 2.32. The summed E-state index contributed by atoms with van der Waals surface area (Å²) in [5, 5.41) is 0. The van der Waals surface area contributed by atoms with Crippen LogP contribution in [0.5, 0.6) is 0 Å². The number of ether oxygens (including phenoxy) is 4. The monoisotopic (exact) mass is 297 g/mol. The van der Waals surface area contributed by atoms with E-state index >= 15 is 0 Å². The summed E-state index contributed by atoms with van der Waals surface area (Å²) >= 11 is 0. The summed E-state index contributed by atoms with van der Waals surface area (Å²) in [7, 11) is 0. The molecule has 21 heavy (non-hydrogen) atoms. The fourth-order valence-electron chi connectivity index (χ4n) is 1.76. The zero-order valence-electron chi connectivity index (χ0n) is 13.1. The molecule has 0 aliphatic rings. The molecule has 0 radical (unpaired) electrons. The average molecular weight is 297 g/mol. The van der Waals surface area contributed by atoms with Crippen molar-refractivity contribution in [1.29, 1.82) is 0 Å². The Morgan fingerprint density at radius 3 is 1.76 bits per heavy atom. The molecule has 0 heterocycles. The second-order valence-corrected chi connectivity index (χ2v) is 4.36. The lowest BCUT2D eigenvalue weighted by molar-refractivity contribution is -0.0505. The van der Waals surface area contributed by atoms with Gasteiger partial charge in [-0.2, -0.15) is 0 Å². The molecule has 0 N–H and O–H groups in total. The van der Waals surface area contributed by atoms with Gasteiger partial charge in [0.25, 0.3) is 0 Å². The number of rotatable bonds is 13. The van der Waals surface area contributed by atoms with Gasteiger partial charge < -0.3 is 23.8 Å². The molecule has 0 aromatic heterocycles. The fraction of sp³-hybridized carbons (Fsp3) is 0.625. The number of nitrogens with zero attached hydrogens (tertiary/aromatic N) is 1. The van der Waals surface area contributed by atoms with Crippen LogP contribution in [-0.2, 0) is 18.9 Å². The van der Waals surface area contributed by atoms with Gasteiger partial charge in [-0.15, -0.1) is 0 Å². The van der Waals surface area contributed by atoms with Crippen LogP contribution in [0, 0.1) is 0 Å². The second kappa shape index (κ2) is 12.6. The number of para-hydroxylation sites is 1. The Morgan fingerprint density at radius 2 is 1.29 bits per heavy atom. The summed E-state index contributed by atoms with van der Waals surface area (Å²) in [6.45, 7) is 8.80. The van der Waals surface area contributed by atoms with Crippen molar-refractivity contribution in [2.45, 2.75) is 13.8 Å². The van der Waals surface area contributed by atoms with Crippen molar-refractivity contribution in [1.82, 2.24) is 0 Å². The molecule has 0 amide bonds. The van der Waals surface area contributed by atoms with Crippen LogP contribution in [0.25, 0.3) is 0 Å². The van der Waals surface area contributed by atoms with Gasteiger partial charge in [0, 0.05) is 32.0 Å². The van der Waals surface area contributed by atoms with Crippen molar-refractivity contribution in [3.05, 3.63) is 30.3 Å². The first-order chi connectivity index (χ1) is 10.4. The normalized spacial score (nSPS) is 10.8. The third kappa shape index (κ3) is 8.67. The van der Waals surface area contributed by atoms with Gasteiger partial charge in [0.2, 0.25) is 0 Å². The molecule has 0 fully saturated rings. The highest BCUT2D eigenvalue weighted by Gasteiger charge is 2.06. The van der Waals surface area contributed by atoms with E-state index in [1.54, 1.807) is 0 Å². The van der Waals surface area contributed by atoms with Gasteiger partial charge in [0.05, 0.1) is 13.2 Å². The van der Waals surface area contributed by atoms with E-state index in [2.05, 4.69) is 17.0 Å². The summed E-state index contributed by atoms with van der Waals surface area (Å²) in [6, 6.07) is 10.3. The van der Waals surface area contributed by atoms with E-state index in [9.17, 15) is 0 Å². The van der Waals surface area contributed by atoms with Gasteiger partial charge in [0.1, 0.15) is 13.6 Å². The number of benzene rings is 1. The molecule has 5 nitrogen and oxygen atoms in total. The third-order valence-corrected chi connectivity index (χ3v) is 2.87. The van der Waals surface area contributed by atoms with Crippen LogP contribution >= 0.6 is 0 Å². The highest BCUT2D eigenvalue weighted by molar-refractivity contribution is 5.45. The lowest BCUT2D eigenvalue weighted by Gasteiger charge is -2.24. The summed E-state index contributed by atoms with van der Waals surface area (Å²) in [6.07, 6.45) is 0. The topological polar surface area (TPSA) is 40.2 Å². The first-order valence-electron chi connectivity index (χ1n) is 7.49. The minimum atomic E-state index is 0.347. The number of hydrogen-bond donors (Lipinski definition) is 0. The van der Waals surface area contributed by atoms with Gasteiger partial charge in [-0.05, 0) is 26.0 Å². The summed E-state index contributed by atoms with van der Waals surface area (Å²) < 4.78 is 21.2. The number of hydrogen-bond acceptors (Lipinski definition) is 5. The molecule has 0 bridgehead atoms. The molecule has 120 valence electrons. The maximum absolute atomic E-state index is 5.44. The van der Waals surface area contributed by atoms with Crippen molar-refractivity contribution in [3.8, 4) is 0 Å². The molecule has 0 aliphatic carbocycles. The van der Waals surface area contributed by atoms with Gasteiger partial charge in [-0.3, -0.25) is 0 Å². The van der Waals surface area contributed by atoms with Crippen LogP contribution in [0.1, 0.15) is 13.8 Å². The van der Waals surface area contributed by atoms with E-state index in [0.717, 1.165) is 18.8 Å². The molecule has 1 aromatic carbocycles. The summed E-state index contributed by atoms with van der Waals surface area (Å²) in [4.78, 5) is 2.23. The molecule has 0 atom stereocenters. The smallest absolute Gasteiger partial charge is 0.146 e. The van der Waals surface area contributed by atoms with Crippen LogP contribution in [-0.4, -0.2) is 53.1 Å². The van der Waals surface area contributed by atoms with Gasteiger partial charge in [-0.1, -0.05) is 18.2 Å². The molecule has 0 aliphatic heterocycles. The van der Waals surface area contributed by atoms with Crippen molar-refractivity contribution >= 4 is 5.69 Å². The third-order valence-electron chi connectivity index (χ3n) is 2.87. The lowest BCUT2D eigenvalue weighted by Crippen LogP contribution is -2.31. The van der Waals surface area contributed by atoms with Crippen molar-refractivity contribution < 1.29 is 18.9 Å². The predicted molar refractivity (Wildman–Crippen MR) is 83.5 cm³/mol. The fourth-order valence-corrected chi connectivity index (χ4v) is 1.76. The maximum Gasteiger partial charge on any atom is 0.146 e. The molecule has 0 unspecified atom stereocenters. The minimum Gasteiger partial charge on any atom is -0.367 e. The SMILES string of the molecule is CCOCOCCN(CCOCOCC)c1ccccc1. The molecular formula is C16H27NO4. The van der Waals surface area contributed by atoms with Gasteiger partial charge >= 0.3 is 0 Å². The summed E-state index contributed by atoms with van der Waals surface area (Å²) in [5.41, 5.74) is 1.16. The van der Waals surface area contributed by atoms with E-state index in [1.807, 2.05) is 32.0 Å². The first kappa shape index (κ1) is 17.9. The van der Waals surface area contributed by atoms with E-state index in [1.165, 1.54) is 0 Å². The van der Waals surface area contributed by atoms with E-state index < -0.39 is 0 Å². The number of anilines is 1. The Labute approximate surface area is 127 Å². The zero-order chi connectivity index (χ0) is 15.2. The minimum absolute atomic E-state index is 0.347. The molecule has 0 spiro atoms. The highest BCUT2D eigenvalue weighted by Crippen LogP contribution is 2.12. The molecule has 5 heteroatoms. The van der Waals surface area contributed by atoms with Crippen molar-refractivity contribution in [2.75, 3.05) is 58.0 Å². The standard InChI is InChI=1S/C16H27NO4/c1-3-18-14-20-12-10-17(11-13-21-15-19-4-2)16-8-6-5-7-9-16/h5-9H,3-4,10-15H2,1-2H3. The van der Waals surface area contributed by atoms with Crippen LogP contribution < -0.4 is 4.90 Å². The molecule has 0 saturated heterocycles. The lowest BCUT2D eigenvalue weighted by atomic mass is 10.3. The predicted octanol–water partition coefficient (Wildman–Crippen LogP) is 2.51. The van der Waals surface area contributed by atoms with Gasteiger partial charge in [0.15, 0.2) is 0 Å². The Kier molecular flexibility index (Phi) is 10.7. The van der Waals surface area contributed by atoms with Crippen LogP contribution in [0.15, 0.2) is 30.3 Å². The van der Waals surface area contributed by atoms with Crippen LogP contribution in [0.4, 0.5) is 5.69 Å². The van der Waals surface area contributed by atoms with Crippen molar-refractivity contribution in [3.63, 3.8) is 0 Å². The largest absolute Gasteiger partial charge is 0.367 e. The quantitative estimate of drug-likeness (QED) is 0.413. The van der Waals surface area contributed by atoms with Gasteiger partial charge in [-0.25, -0.2) is 0 Å². The first-order valence-corrected chi connectivity index (χ1v) is 7.49. The maximum atomic E-state index is 5.44. The van der Waals surface area contributed by atoms with E-state index in [0.29, 0.717) is 40.0 Å². The molecular weight excluding hydrogens is 270 g/mol. The molecule has 0 saturated carbocycles. The average Bonchev–Trinajstić information content (AvgIpc) is 2.53. The van der Waals surface area contributed by atoms with Crippen LogP contribution in [0.3, 0.4) is 0 Å². The summed E-state index contributed by atoms with van der Waals surface area (Å²) in [5.74, 6) is 0. The van der Waals surface area contributed by atoms with Crippen LogP contribution in [0.2, 0.25) is 0 Å². The Bertz CT molecular complexity index is 320. The second-order valence-electron chi connectivity index (χ2n) is 4.36. The van der Waals surface area contributed by atoms with E-state index in [-0.39, 0.29) is 0 Å². The molecule has 1 rings (SSSR count). The van der Waals surface area contributed by atoms with Crippen molar-refractivity contribution in [2.24, 2.45) is 0 Å².